The summed E-state index contributed by atoms with van der Waals surface area (Å²) in [5.74, 6) is 1.73. The van der Waals surface area contributed by atoms with Crippen LogP contribution in [-0.2, 0) is 0 Å². The molecule has 0 saturated carbocycles. The maximum atomic E-state index is 12.1. The lowest BCUT2D eigenvalue weighted by molar-refractivity contribution is 0.0955. The molecule has 2 rings (SSSR count). The number of hydrogen-bond donors (Lipinski definition) is 1. The molecule has 0 aliphatic heterocycles. The number of benzene rings is 2. The lowest BCUT2D eigenvalue weighted by Crippen LogP contribution is -2.17. The van der Waals surface area contributed by atoms with Crippen LogP contribution in [0.4, 0.5) is 0 Å². The topological polar surface area (TPSA) is 69.2 Å². The van der Waals surface area contributed by atoms with E-state index in [-0.39, 0.29) is 12.0 Å². The summed E-state index contributed by atoms with van der Waals surface area (Å²) in [5.41, 5.74) is 3.80. The predicted molar refractivity (Wildman–Crippen MR) is 106 cm³/mol. The first-order valence-electron chi connectivity index (χ1n) is 8.94. The molecule has 0 spiro atoms. The molecule has 0 aromatic heterocycles. The van der Waals surface area contributed by atoms with E-state index in [1.807, 2.05) is 32.9 Å². The minimum Gasteiger partial charge on any atom is -0.494 e. The van der Waals surface area contributed by atoms with E-state index in [1.165, 1.54) is 0 Å². The SMILES string of the molecule is CCCOc1ccc(C(=O)N/N=C\c2ccc(OC(C)C)c(OC)c2)cc1. The van der Waals surface area contributed by atoms with Gasteiger partial charge in [-0.15, -0.1) is 0 Å². The average molecular weight is 370 g/mol. The van der Waals surface area contributed by atoms with Crippen LogP contribution in [0.15, 0.2) is 47.6 Å². The first-order chi connectivity index (χ1) is 13.0. The molecule has 1 amide bonds. The van der Waals surface area contributed by atoms with Crippen molar-refractivity contribution < 1.29 is 19.0 Å². The second-order valence-corrected chi connectivity index (χ2v) is 6.15. The minimum atomic E-state index is -0.292. The number of nitrogens with zero attached hydrogens (tertiary/aromatic N) is 1. The van der Waals surface area contributed by atoms with Gasteiger partial charge in [0.25, 0.3) is 5.91 Å². The van der Waals surface area contributed by atoms with Gasteiger partial charge >= 0.3 is 0 Å². The molecule has 27 heavy (non-hydrogen) atoms. The highest BCUT2D eigenvalue weighted by Crippen LogP contribution is 2.28. The van der Waals surface area contributed by atoms with Crippen molar-refractivity contribution in [3.05, 3.63) is 53.6 Å². The maximum Gasteiger partial charge on any atom is 0.271 e. The van der Waals surface area contributed by atoms with Crippen LogP contribution in [0.25, 0.3) is 0 Å². The van der Waals surface area contributed by atoms with E-state index < -0.39 is 0 Å². The molecule has 6 nitrogen and oxygen atoms in total. The first kappa shape index (κ1) is 20.3. The molecule has 2 aromatic rings. The Morgan fingerprint density at radius 1 is 1.15 bits per heavy atom. The van der Waals surface area contributed by atoms with E-state index >= 15 is 0 Å². The fraction of sp³-hybridized carbons (Fsp3) is 0.333. The normalized spacial score (nSPS) is 10.9. The average Bonchev–Trinajstić information content (AvgIpc) is 2.67. The number of ether oxygens (including phenoxy) is 3. The van der Waals surface area contributed by atoms with Gasteiger partial charge in [-0.1, -0.05) is 6.92 Å². The van der Waals surface area contributed by atoms with Crippen molar-refractivity contribution in [1.82, 2.24) is 5.43 Å². The summed E-state index contributed by atoms with van der Waals surface area (Å²) < 4.78 is 16.5. The number of hydrogen-bond acceptors (Lipinski definition) is 5. The Labute approximate surface area is 160 Å². The summed E-state index contributed by atoms with van der Waals surface area (Å²) in [6, 6.07) is 12.4. The number of carbonyl (C=O) groups is 1. The zero-order valence-electron chi connectivity index (χ0n) is 16.2. The van der Waals surface area contributed by atoms with Gasteiger partial charge in [0, 0.05) is 5.56 Å². The number of hydrazone groups is 1. The predicted octanol–water partition coefficient (Wildman–Crippen LogP) is 4.04. The molecule has 0 unspecified atom stereocenters. The second kappa shape index (κ2) is 10.2. The number of carbonyl (C=O) groups excluding carboxylic acids is 1. The molecule has 0 bridgehead atoms. The van der Waals surface area contributed by atoms with E-state index in [4.69, 9.17) is 14.2 Å². The second-order valence-electron chi connectivity index (χ2n) is 6.15. The van der Waals surface area contributed by atoms with Gasteiger partial charge in [0.05, 0.1) is 26.0 Å². The summed E-state index contributed by atoms with van der Waals surface area (Å²) in [6.45, 7) is 6.60. The van der Waals surface area contributed by atoms with Gasteiger partial charge in [-0.25, -0.2) is 5.43 Å². The molecule has 0 aliphatic rings. The molecule has 1 N–H and O–H groups in total. The van der Waals surface area contributed by atoms with Crippen molar-refractivity contribution in [2.24, 2.45) is 5.10 Å². The van der Waals surface area contributed by atoms with Crippen molar-refractivity contribution in [1.29, 1.82) is 0 Å². The summed E-state index contributed by atoms with van der Waals surface area (Å²) in [5, 5.41) is 4.00. The molecule has 0 atom stereocenters. The van der Waals surface area contributed by atoms with E-state index in [0.717, 1.165) is 17.7 Å². The van der Waals surface area contributed by atoms with Gasteiger partial charge in [0.2, 0.25) is 0 Å². The lowest BCUT2D eigenvalue weighted by Gasteiger charge is -2.13. The maximum absolute atomic E-state index is 12.1. The molecule has 144 valence electrons. The van der Waals surface area contributed by atoms with Crippen molar-refractivity contribution >= 4 is 12.1 Å². The Morgan fingerprint density at radius 2 is 1.89 bits per heavy atom. The highest BCUT2D eigenvalue weighted by Gasteiger charge is 2.07. The third-order valence-electron chi connectivity index (χ3n) is 3.52. The standard InChI is InChI=1S/C21H26N2O4/c1-5-12-26-18-9-7-17(8-10-18)21(24)23-22-14-16-6-11-19(27-15(2)3)20(13-16)25-4/h6-11,13-15H,5,12H2,1-4H3,(H,23,24)/b22-14-. The largest absolute Gasteiger partial charge is 0.494 e. The molecule has 0 saturated heterocycles. The van der Waals surface area contributed by atoms with E-state index in [9.17, 15) is 4.79 Å². The molecule has 0 fully saturated rings. The molecule has 6 heteroatoms. The Kier molecular flexibility index (Phi) is 7.67. The smallest absolute Gasteiger partial charge is 0.271 e. The quantitative estimate of drug-likeness (QED) is 0.534. The molecule has 0 heterocycles. The zero-order chi connectivity index (χ0) is 19.6. The fourth-order valence-corrected chi connectivity index (χ4v) is 2.27. The van der Waals surface area contributed by atoms with Crippen LogP contribution in [0.1, 0.15) is 43.1 Å². The molecular weight excluding hydrogens is 344 g/mol. The number of methoxy groups -OCH3 is 1. The fourth-order valence-electron chi connectivity index (χ4n) is 2.27. The Morgan fingerprint density at radius 3 is 2.52 bits per heavy atom. The number of amides is 1. The molecule has 0 radical (unpaired) electrons. The van der Waals surface area contributed by atoms with Gasteiger partial charge in [-0.3, -0.25) is 4.79 Å². The minimum absolute atomic E-state index is 0.0523. The van der Waals surface area contributed by atoms with Gasteiger partial charge in [-0.05, 0) is 68.3 Å². The van der Waals surface area contributed by atoms with Gasteiger partial charge < -0.3 is 14.2 Å². The first-order valence-corrected chi connectivity index (χ1v) is 8.94. The van der Waals surface area contributed by atoms with Crippen LogP contribution < -0.4 is 19.6 Å². The zero-order valence-corrected chi connectivity index (χ0v) is 16.2. The molecule has 0 aliphatic carbocycles. The van der Waals surface area contributed by atoms with E-state index in [2.05, 4.69) is 10.5 Å². The van der Waals surface area contributed by atoms with Crippen molar-refractivity contribution in [3.8, 4) is 17.2 Å². The van der Waals surface area contributed by atoms with Crippen molar-refractivity contribution in [2.45, 2.75) is 33.3 Å². The van der Waals surface area contributed by atoms with Crippen LogP contribution in [-0.4, -0.2) is 31.9 Å². The highest BCUT2D eigenvalue weighted by atomic mass is 16.5. The summed E-state index contributed by atoms with van der Waals surface area (Å²) >= 11 is 0. The van der Waals surface area contributed by atoms with Crippen LogP contribution in [0.2, 0.25) is 0 Å². The molecular formula is C21H26N2O4. The summed E-state index contributed by atoms with van der Waals surface area (Å²) in [4.78, 5) is 12.1. The Bertz CT molecular complexity index is 770. The van der Waals surface area contributed by atoms with E-state index in [1.54, 1.807) is 43.7 Å². The van der Waals surface area contributed by atoms with Crippen LogP contribution in [0.5, 0.6) is 17.2 Å². The highest BCUT2D eigenvalue weighted by molar-refractivity contribution is 5.95. The third-order valence-corrected chi connectivity index (χ3v) is 3.52. The van der Waals surface area contributed by atoms with Crippen LogP contribution in [0.3, 0.4) is 0 Å². The number of rotatable bonds is 9. The van der Waals surface area contributed by atoms with Gasteiger partial charge in [0.1, 0.15) is 5.75 Å². The Hall–Kier alpha value is -3.02. The summed E-state index contributed by atoms with van der Waals surface area (Å²) in [7, 11) is 1.58. The number of nitrogens with one attached hydrogen (secondary N) is 1. The van der Waals surface area contributed by atoms with E-state index in [0.29, 0.717) is 23.7 Å². The van der Waals surface area contributed by atoms with Crippen molar-refractivity contribution in [3.63, 3.8) is 0 Å². The van der Waals surface area contributed by atoms with Gasteiger partial charge in [0.15, 0.2) is 11.5 Å². The lowest BCUT2D eigenvalue weighted by atomic mass is 10.2. The van der Waals surface area contributed by atoms with Crippen molar-refractivity contribution in [2.75, 3.05) is 13.7 Å². The third kappa shape index (κ3) is 6.33. The van der Waals surface area contributed by atoms with Crippen LogP contribution in [0, 0.1) is 0 Å². The van der Waals surface area contributed by atoms with Gasteiger partial charge in [-0.2, -0.15) is 5.10 Å². The van der Waals surface area contributed by atoms with Crippen LogP contribution >= 0.6 is 0 Å². The monoisotopic (exact) mass is 370 g/mol. The molecule has 2 aromatic carbocycles. The Balaban J connectivity index is 1.97. The summed E-state index contributed by atoms with van der Waals surface area (Å²) in [6.07, 6.45) is 2.54.